The van der Waals surface area contributed by atoms with Crippen molar-refractivity contribution in [1.82, 2.24) is 0 Å². The van der Waals surface area contributed by atoms with Gasteiger partial charge >= 0.3 is 0 Å². The fraction of sp³-hybridized carbons (Fsp3) is 0.286. The van der Waals surface area contributed by atoms with Gasteiger partial charge in [-0.3, -0.25) is 4.79 Å². The SMILES string of the molecule is O=C1CC(c2ccc3ccccc3c2)c2cc(N3CCOCC3)sc21. The number of anilines is 1. The van der Waals surface area contributed by atoms with E-state index in [1.165, 1.54) is 26.9 Å². The van der Waals surface area contributed by atoms with Crippen LogP contribution >= 0.6 is 11.3 Å². The number of hydrogen-bond donors (Lipinski definition) is 0. The number of fused-ring (bicyclic) bond motifs is 2. The Morgan fingerprint density at radius 2 is 1.80 bits per heavy atom. The molecular formula is C21H19NO2S. The molecule has 2 heterocycles. The first-order chi connectivity index (χ1) is 12.3. The fourth-order valence-corrected chi connectivity index (χ4v) is 5.14. The third kappa shape index (κ3) is 2.57. The highest BCUT2D eigenvalue weighted by Gasteiger charge is 2.34. The van der Waals surface area contributed by atoms with Crippen LogP contribution in [0.5, 0.6) is 0 Å². The zero-order chi connectivity index (χ0) is 16.8. The van der Waals surface area contributed by atoms with Crippen LogP contribution in [0.25, 0.3) is 10.8 Å². The third-order valence-electron chi connectivity index (χ3n) is 5.26. The Morgan fingerprint density at radius 3 is 2.64 bits per heavy atom. The van der Waals surface area contributed by atoms with Gasteiger partial charge in [0.25, 0.3) is 0 Å². The second kappa shape index (κ2) is 5.97. The summed E-state index contributed by atoms with van der Waals surface area (Å²) in [5.41, 5.74) is 2.46. The lowest BCUT2D eigenvalue weighted by Crippen LogP contribution is -2.35. The Labute approximate surface area is 150 Å². The lowest BCUT2D eigenvalue weighted by molar-refractivity contribution is 0.0994. The number of rotatable bonds is 2. The molecule has 126 valence electrons. The van der Waals surface area contributed by atoms with Crippen molar-refractivity contribution in [2.24, 2.45) is 0 Å². The predicted octanol–water partition coefficient (Wildman–Crippen LogP) is 4.46. The molecule has 0 N–H and O–H groups in total. The van der Waals surface area contributed by atoms with Crippen LogP contribution in [0.4, 0.5) is 5.00 Å². The number of morpholine rings is 1. The number of Topliss-reactive ketones (excluding diaryl/α,β-unsaturated/α-hetero) is 1. The van der Waals surface area contributed by atoms with Gasteiger partial charge in [-0.15, -0.1) is 11.3 Å². The molecule has 1 atom stereocenters. The summed E-state index contributed by atoms with van der Waals surface area (Å²) in [6.45, 7) is 3.36. The molecule has 5 rings (SSSR count). The van der Waals surface area contributed by atoms with Crippen molar-refractivity contribution in [2.45, 2.75) is 12.3 Å². The van der Waals surface area contributed by atoms with E-state index < -0.39 is 0 Å². The molecule has 2 aromatic carbocycles. The summed E-state index contributed by atoms with van der Waals surface area (Å²) in [7, 11) is 0. The van der Waals surface area contributed by atoms with Crippen molar-refractivity contribution in [3.63, 3.8) is 0 Å². The minimum Gasteiger partial charge on any atom is -0.378 e. The Morgan fingerprint density at radius 1 is 1.00 bits per heavy atom. The number of ether oxygens (including phenoxy) is 1. The highest BCUT2D eigenvalue weighted by Crippen LogP contribution is 2.45. The molecule has 0 radical (unpaired) electrons. The van der Waals surface area contributed by atoms with Crippen LogP contribution in [0.2, 0.25) is 0 Å². The minimum atomic E-state index is 0.193. The molecule has 2 aliphatic rings. The zero-order valence-electron chi connectivity index (χ0n) is 13.9. The number of thiophene rings is 1. The first kappa shape index (κ1) is 15.1. The van der Waals surface area contributed by atoms with E-state index in [4.69, 9.17) is 4.74 Å². The van der Waals surface area contributed by atoms with Gasteiger partial charge in [-0.05, 0) is 28.0 Å². The van der Waals surface area contributed by atoms with Crippen LogP contribution in [0.1, 0.15) is 33.1 Å². The van der Waals surface area contributed by atoms with Gasteiger partial charge in [0.1, 0.15) is 0 Å². The van der Waals surface area contributed by atoms with Crippen LogP contribution in [0.3, 0.4) is 0 Å². The van der Waals surface area contributed by atoms with E-state index in [0.29, 0.717) is 6.42 Å². The largest absolute Gasteiger partial charge is 0.378 e. The van der Waals surface area contributed by atoms with Crippen molar-refractivity contribution in [1.29, 1.82) is 0 Å². The maximum atomic E-state index is 12.6. The van der Waals surface area contributed by atoms with Gasteiger partial charge in [0.15, 0.2) is 5.78 Å². The molecule has 1 unspecified atom stereocenters. The summed E-state index contributed by atoms with van der Waals surface area (Å²) in [5, 5.41) is 3.70. The zero-order valence-corrected chi connectivity index (χ0v) is 14.7. The Kier molecular flexibility index (Phi) is 3.61. The Bertz CT molecular complexity index is 955. The van der Waals surface area contributed by atoms with Crippen molar-refractivity contribution < 1.29 is 9.53 Å². The predicted molar refractivity (Wildman–Crippen MR) is 102 cm³/mol. The summed E-state index contributed by atoms with van der Waals surface area (Å²) < 4.78 is 5.45. The quantitative estimate of drug-likeness (QED) is 0.684. The number of ketones is 1. The molecule has 0 spiro atoms. The molecule has 4 heteroatoms. The summed E-state index contributed by atoms with van der Waals surface area (Å²) >= 11 is 1.66. The summed E-state index contributed by atoms with van der Waals surface area (Å²) in [6, 6.07) is 17.2. The molecule has 1 aliphatic carbocycles. The topological polar surface area (TPSA) is 29.5 Å². The molecule has 25 heavy (non-hydrogen) atoms. The van der Waals surface area contributed by atoms with E-state index in [9.17, 15) is 4.79 Å². The lowest BCUT2D eigenvalue weighted by Gasteiger charge is -2.27. The average molecular weight is 349 g/mol. The van der Waals surface area contributed by atoms with Crippen molar-refractivity contribution in [2.75, 3.05) is 31.2 Å². The van der Waals surface area contributed by atoms with E-state index in [1.807, 2.05) is 0 Å². The van der Waals surface area contributed by atoms with Crippen LogP contribution < -0.4 is 4.90 Å². The maximum absolute atomic E-state index is 12.6. The van der Waals surface area contributed by atoms with Crippen LogP contribution in [0.15, 0.2) is 48.5 Å². The van der Waals surface area contributed by atoms with Gasteiger partial charge in [0, 0.05) is 25.4 Å². The molecule has 1 aromatic heterocycles. The monoisotopic (exact) mass is 349 g/mol. The summed E-state index contributed by atoms with van der Waals surface area (Å²) in [5.74, 6) is 0.482. The average Bonchev–Trinajstić information content (AvgIpc) is 3.23. The highest BCUT2D eigenvalue weighted by molar-refractivity contribution is 7.18. The molecular weight excluding hydrogens is 330 g/mol. The first-order valence-corrected chi connectivity index (χ1v) is 9.59. The second-order valence-corrected chi connectivity index (χ2v) is 7.79. The second-order valence-electron chi connectivity index (χ2n) is 6.75. The highest BCUT2D eigenvalue weighted by atomic mass is 32.1. The number of benzene rings is 2. The van der Waals surface area contributed by atoms with Gasteiger partial charge in [0.05, 0.1) is 23.1 Å². The maximum Gasteiger partial charge on any atom is 0.174 e. The van der Waals surface area contributed by atoms with E-state index in [2.05, 4.69) is 53.4 Å². The molecule has 0 amide bonds. The molecule has 0 bridgehead atoms. The smallest absolute Gasteiger partial charge is 0.174 e. The number of carbonyl (C=O) groups is 1. The Balaban J connectivity index is 1.53. The van der Waals surface area contributed by atoms with E-state index in [-0.39, 0.29) is 11.7 Å². The van der Waals surface area contributed by atoms with Gasteiger partial charge in [-0.2, -0.15) is 0 Å². The first-order valence-electron chi connectivity index (χ1n) is 8.78. The van der Waals surface area contributed by atoms with Gasteiger partial charge in [0.2, 0.25) is 0 Å². The minimum absolute atomic E-state index is 0.193. The third-order valence-corrected chi connectivity index (χ3v) is 6.52. The van der Waals surface area contributed by atoms with E-state index in [1.54, 1.807) is 11.3 Å². The van der Waals surface area contributed by atoms with E-state index in [0.717, 1.165) is 31.2 Å². The van der Waals surface area contributed by atoms with Crippen LogP contribution in [-0.4, -0.2) is 32.1 Å². The standard InChI is InChI=1S/C21H19NO2S/c23-19-12-17(16-6-5-14-3-1-2-4-15(14)11-16)18-13-20(25-21(18)19)22-7-9-24-10-8-22/h1-6,11,13,17H,7-10,12H2. The van der Waals surface area contributed by atoms with Crippen LogP contribution in [-0.2, 0) is 4.74 Å². The van der Waals surface area contributed by atoms with Crippen molar-refractivity contribution >= 4 is 32.9 Å². The molecule has 1 fully saturated rings. The molecule has 1 aliphatic heterocycles. The van der Waals surface area contributed by atoms with Gasteiger partial charge < -0.3 is 9.64 Å². The lowest BCUT2D eigenvalue weighted by atomic mass is 9.92. The summed E-state index contributed by atoms with van der Waals surface area (Å²) in [6.07, 6.45) is 0.600. The van der Waals surface area contributed by atoms with Crippen LogP contribution in [0, 0.1) is 0 Å². The molecule has 3 nitrogen and oxygen atoms in total. The Hall–Kier alpha value is -2.17. The molecule has 3 aromatic rings. The number of nitrogens with zero attached hydrogens (tertiary/aromatic N) is 1. The number of carbonyl (C=O) groups excluding carboxylic acids is 1. The number of hydrogen-bond acceptors (Lipinski definition) is 4. The van der Waals surface area contributed by atoms with E-state index >= 15 is 0 Å². The normalized spacial score (nSPS) is 20.2. The van der Waals surface area contributed by atoms with Gasteiger partial charge in [-0.25, -0.2) is 0 Å². The van der Waals surface area contributed by atoms with Gasteiger partial charge in [-0.1, -0.05) is 42.5 Å². The fourth-order valence-electron chi connectivity index (χ4n) is 3.92. The molecule has 1 saturated heterocycles. The summed E-state index contributed by atoms with van der Waals surface area (Å²) in [4.78, 5) is 15.9. The molecule has 0 saturated carbocycles. The van der Waals surface area contributed by atoms with Crippen molar-refractivity contribution in [3.8, 4) is 0 Å². The van der Waals surface area contributed by atoms with Crippen molar-refractivity contribution in [3.05, 3.63) is 64.5 Å².